The number of carbonyl (C=O) groups excluding carboxylic acids is 3. The molecule has 486 valence electrons. The number of unbranched alkanes of at least 4 members (excludes halogenated alkanes) is 58. The smallest absolute Gasteiger partial charge is 0.306 e. The van der Waals surface area contributed by atoms with Crippen molar-refractivity contribution < 1.29 is 28.6 Å². The molecular weight excluding hydrogens is 1010 g/mol. The molecule has 0 spiro atoms. The molecule has 0 fully saturated rings. The van der Waals surface area contributed by atoms with Crippen LogP contribution in [0.5, 0.6) is 0 Å². The van der Waals surface area contributed by atoms with Crippen molar-refractivity contribution in [3.63, 3.8) is 0 Å². The number of rotatable bonds is 71. The summed E-state index contributed by atoms with van der Waals surface area (Å²) in [5.74, 6) is -0.840. The van der Waals surface area contributed by atoms with E-state index >= 15 is 0 Å². The van der Waals surface area contributed by atoms with Gasteiger partial charge in [0.05, 0.1) is 0 Å². The van der Waals surface area contributed by atoms with Crippen molar-refractivity contribution in [3.05, 3.63) is 12.2 Å². The molecule has 0 radical (unpaired) electrons. The van der Waals surface area contributed by atoms with Crippen LogP contribution in [0.1, 0.15) is 438 Å². The zero-order chi connectivity index (χ0) is 59.2. The number of ether oxygens (including phenoxy) is 3. The molecule has 82 heavy (non-hydrogen) atoms. The average Bonchev–Trinajstić information content (AvgIpc) is 3.47. The highest BCUT2D eigenvalue weighted by Crippen LogP contribution is 2.20. The predicted octanol–water partition coefficient (Wildman–Crippen LogP) is 26.0. The maximum atomic E-state index is 12.9. The Hall–Kier alpha value is -1.85. The van der Waals surface area contributed by atoms with E-state index in [1.54, 1.807) is 0 Å². The highest BCUT2D eigenvalue weighted by molar-refractivity contribution is 5.71. The van der Waals surface area contributed by atoms with E-state index in [1.807, 2.05) is 0 Å². The van der Waals surface area contributed by atoms with Crippen LogP contribution in [0.2, 0.25) is 0 Å². The summed E-state index contributed by atoms with van der Waals surface area (Å²) in [6.45, 7) is 6.67. The fraction of sp³-hybridized carbons (Fsp3) is 0.934. The maximum absolute atomic E-state index is 12.9. The Morgan fingerprint density at radius 1 is 0.232 bits per heavy atom. The van der Waals surface area contributed by atoms with E-state index in [1.165, 1.54) is 340 Å². The number of hydrogen-bond acceptors (Lipinski definition) is 6. The van der Waals surface area contributed by atoms with Crippen LogP contribution < -0.4 is 0 Å². The van der Waals surface area contributed by atoms with Gasteiger partial charge in [0.2, 0.25) is 0 Å². The summed E-state index contributed by atoms with van der Waals surface area (Å²) >= 11 is 0. The first-order valence-corrected chi connectivity index (χ1v) is 37.7. The topological polar surface area (TPSA) is 78.9 Å². The number of allylic oxidation sites excluding steroid dienone is 2. The molecule has 0 aromatic heterocycles. The SMILES string of the molecule is CCCCCCCCCC/C=C\CCCCCCCCCCCCCCCCCC(=O)OC(COC(=O)CCCCCCCC)COC(=O)CCCCCCCCCCCCCCCCCCCCCCCCCCCCCCCCC. The van der Waals surface area contributed by atoms with Crippen LogP contribution in [0.25, 0.3) is 0 Å². The first kappa shape index (κ1) is 80.2. The molecule has 0 aromatic rings. The first-order valence-electron chi connectivity index (χ1n) is 37.7. The Morgan fingerprint density at radius 3 is 0.610 bits per heavy atom. The van der Waals surface area contributed by atoms with Gasteiger partial charge in [-0.2, -0.15) is 0 Å². The van der Waals surface area contributed by atoms with Gasteiger partial charge < -0.3 is 14.2 Å². The van der Waals surface area contributed by atoms with Crippen LogP contribution in [0.3, 0.4) is 0 Å². The van der Waals surface area contributed by atoms with Crippen LogP contribution in [0.15, 0.2) is 12.2 Å². The molecule has 0 saturated carbocycles. The molecule has 0 heterocycles. The Labute approximate surface area is 513 Å². The van der Waals surface area contributed by atoms with Gasteiger partial charge in [-0.05, 0) is 44.9 Å². The monoisotopic (exact) mass is 1160 g/mol. The third-order valence-corrected chi connectivity index (χ3v) is 17.5. The van der Waals surface area contributed by atoms with E-state index in [-0.39, 0.29) is 31.1 Å². The van der Waals surface area contributed by atoms with E-state index < -0.39 is 6.10 Å². The zero-order valence-corrected chi connectivity index (χ0v) is 56.1. The molecule has 0 aromatic carbocycles. The van der Waals surface area contributed by atoms with Crippen molar-refractivity contribution in [1.29, 1.82) is 0 Å². The lowest BCUT2D eigenvalue weighted by atomic mass is 10.0. The Bertz CT molecular complexity index is 1280. The highest BCUT2D eigenvalue weighted by Gasteiger charge is 2.20. The number of hydrogen-bond donors (Lipinski definition) is 0. The van der Waals surface area contributed by atoms with Crippen molar-refractivity contribution in [1.82, 2.24) is 0 Å². The second kappa shape index (κ2) is 71.6. The standard InChI is InChI=1S/C76H146O6/c1-4-7-10-13-16-18-20-22-24-26-28-30-32-34-36-37-38-39-41-42-44-46-48-50-52-54-56-58-60-63-66-69-75(78)81-72-73(71-80-74(77)68-65-62-15-12-9-6-3)82-76(79)70-67-64-61-59-57-55-53-51-49-47-45-43-40-35-33-31-29-27-25-23-21-19-17-14-11-8-5-2/h27,29,73H,4-26,28,30-72H2,1-3H3/b29-27-. The summed E-state index contributed by atoms with van der Waals surface area (Å²) in [5.41, 5.74) is 0. The molecule has 0 N–H and O–H groups in total. The minimum Gasteiger partial charge on any atom is -0.462 e. The molecule has 0 aliphatic rings. The van der Waals surface area contributed by atoms with Crippen molar-refractivity contribution in [3.8, 4) is 0 Å². The Kier molecular flexibility index (Phi) is 70.0. The zero-order valence-electron chi connectivity index (χ0n) is 56.1. The maximum Gasteiger partial charge on any atom is 0.306 e. The minimum atomic E-state index is -0.764. The summed E-state index contributed by atoms with van der Waals surface area (Å²) < 4.78 is 16.9. The van der Waals surface area contributed by atoms with Crippen LogP contribution in [-0.4, -0.2) is 37.2 Å². The lowest BCUT2D eigenvalue weighted by molar-refractivity contribution is -0.167. The van der Waals surface area contributed by atoms with E-state index in [2.05, 4.69) is 32.9 Å². The van der Waals surface area contributed by atoms with Gasteiger partial charge in [0.25, 0.3) is 0 Å². The van der Waals surface area contributed by atoms with Crippen LogP contribution in [0, 0.1) is 0 Å². The van der Waals surface area contributed by atoms with Crippen molar-refractivity contribution in [2.75, 3.05) is 13.2 Å². The molecule has 6 heteroatoms. The van der Waals surface area contributed by atoms with E-state index in [0.717, 1.165) is 57.8 Å². The van der Waals surface area contributed by atoms with Gasteiger partial charge in [0, 0.05) is 19.3 Å². The average molecular weight is 1160 g/mol. The normalized spacial score (nSPS) is 12.0. The number of esters is 3. The molecule has 0 aliphatic heterocycles. The first-order chi connectivity index (χ1) is 40.5. The third-order valence-electron chi connectivity index (χ3n) is 17.5. The van der Waals surface area contributed by atoms with Gasteiger partial charge in [-0.3, -0.25) is 14.4 Å². The van der Waals surface area contributed by atoms with Gasteiger partial charge in [0.15, 0.2) is 6.10 Å². The molecule has 0 saturated heterocycles. The Balaban J connectivity index is 3.91. The van der Waals surface area contributed by atoms with Gasteiger partial charge in [-0.15, -0.1) is 0 Å². The molecule has 1 atom stereocenters. The molecule has 0 rings (SSSR count). The van der Waals surface area contributed by atoms with E-state index in [9.17, 15) is 14.4 Å². The predicted molar refractivity (Wildman–Crippen MR) is 358 cm³/mol. The van der Waals surface area contributed by atoms with Crippen LogP contribution >= 0.6 is 0 Å². The van der Waals surface area contributed by atoms with Crippen molar-refractivity contribution in [2.24, 2.45) is 0 Å². The fourth-order valence-electron chi connectivity index (χ4n) is 11.9. The lowest BCUT2D eigenvalue weighted by Crippen LogP contribution is -2.30. The molecule has 0 aliphatic carbocycles. The largest absolute Gasteiger partial charge is 0.462 e. The van der Waals surface area contributed by atoms with E-state index in [4.69, 9.17) is 14.2 Å². The molecular formula is C76H146O6. The highest BCUT2D eigenvalue weighted by atomic mass is 16.6. The number of carbonyl (C=O) groups is 3. The van der Waals surface area contributed by atoms with Crippen LogP contribution in [0.4, 0.5) is 0 Å². The summed E-state index contributed by atoms with van der Waals surface area (Å²) in [5, 5.41) is 0. The second-order valence-corrected chi connectivity index (χ2v) is 25.9. The quantitative estimate of drug-likeness (QED) is 0.0261. The molecule has 0 bridgehead atoms. The van der Waals surface area contributed by atoms with Crippen LogP contribution in [-0.2, 0) is 28.6 Å². The lowest BCUT2D eigenvalue weighted by Gasteiger charge is -2.18. The third kappa shape index (κ3) is 68.9. The summed E-state index contributed by atoms with van der Waals surface area (Å²) in [4.78, 5) is 38.2. The molecule has 1 unspecified atom stereocenters. The minimum absolute atomic E-state index is 0.0635. The Morgan fingerprint density at radius 2 is 0.402 bits per heavy atom. The second-order valence-electron chi connectivity index (χ2n) is 25.9. The summed E-state index contributed by atoms with van der Waals surface area (Å²) in [7, 11) is 0. The fourth-order valence-corrected chi connectivity index (χ4v) is 11.9. The van der Waals surface area contributed by atoms with Gasteiger partial charge in [0.1, 0.15) is 13.2 Å². The van der Waals surface area contributed by atoms with Crippen molar-refractivity contribution >= 4 is 17.9 Å². The van der Waals surface area contributed by atoms with Gasteiger partial charge in [-0.1, -0.05) is 386 Å². The van der Waals surface area contributed by atoms with Gasteiger partial charge >= 0.3 is 17.9 Å². The van der Waals surface area contributed by atoms with Crippen molar-refractivity contribution in [2.45, 2.75) is 444 Å². The van der Waals surface area contributed by atoms with Gasteiger partial charge in [-0.25, -0.2) is 0 Å². The molecule has 0 amide bonds. The molecule has 6 nitrogen and oxygen atoms in total. The summed E-state index contributed by atoms with van der Waals surface area (Å²) in [6.07, 6.45) is 87.5. The summed E-state index contributed by atoms with van der Waals surface area (Å²) in [6, 6.07) is 0. The van der Waals surface area contributed by atoms with E-state index in [0.29, 0.717) is 19.3 Å².